The molecule has 0 saturated carbocycles. The molecule has 1 atom stereocenters. The van der Waals surface area contributed by atoms with Crippen molar-refractivity contribution in [2.45, 2.75) is 13.0 Å². The van der Waals surface area contributed by atoms with Crippen LogP contribution in [0.2, 0.25) is 0 Å². The lowest BCUT2D eigenvalue weighted by molar-refractivity contribution is 0.0342. The van der Waals surface area contributed by atoms with Gasteiger partial charge in [0.2, 0.25) is 0 Å². The van der Waals surface area contributed by atoms with E-state index >= 15 is 0 Å². The first-order valence-corrected chi connectivity index (χ1v) is 6.47. The number of nitrogens with one attached hydrogen (secondary N) is 1. The predicted octanol–water partition coefficient (Wildman–Crippen LogP) is 0.114. The van der Waals surface area contributed by atoms with E-state index in [9.17, 15) is 4.79 Å². The van der Waals surface area contributed by atoms with Crippen molar-refractivity contribution in [2.75, 3.05) is 38.6 Å². The molecule has 1 unspecified atom stereocenters. The molecule has 0 spiro atoms. The van der Waals surface area contributed by atoms with E-state index in [-0.39, 0.29) is 11.9 Å². The zero-order valence-electron chi connectivity index (χ0n) is 11.1. The minimum atomic E-state index is -0.166. The number of hydrogen-bond acceptors (Lipinski definition) is 5. The number of nitrogen functional groups attached to an aromatic ring is 1. The van der Waals surface area contributed by atoms with Crippen molar-refractivity contribution in [2.24, 2.45) is 0 Å². The lowest BCUT2D eigenvalue weighted by atomic mass is 10.2. The average Bonchev–Trinajstić information content (AvgIpc) is 2.40. The zero-order chi connectivity index (χ0) is 13.7. The highest BCUT2D eigenvalue weighted by Gasteiger charge is 2.16. The van der Waals surface area contributed by atoms with Gasteiger partial charge in [-0.2, -0.15) is 0 Å². The van der Waals surface area contributed by atoms with Crippen molar-refractivity contribution in [1.82, 2.24) is 15.2 Å². The fourth-order valence-corrected chi connectivity index (χ4v) is 2.05. The van der Waals surface area contributed by atoms with E-state index in [0.717, 1.165) is 32.8 Å². The van der Waals surface area contributed by atoms with E-state index in [1.807, 2.05) is 6.92 Å². The van der Waals surface area contributed by atoms with Crippen molar-refractivity contribution >= 4 is 11.6 Å². The first-order valence-electron chi connectivity index (χ1n) is 6.47. The maximum Gasteiger partial charge on any atom is 0.270 e. The second-order valence-electron chi connectivity index (χ2n) is 4.76. The normalized spacial score (nSPS) is 17.9. The van der Waals surface area contributed by atoms with Gasteiger partial charge in [-0.05, 0) is 19.1 Å². The summed E-state index contributed by atoms with van der Waals surface area (Å²) >= 11 is 0. The summed E-state index contributed by atoms with van der Waals surface area (Å²) in [7, 11) is 0. The third kappa shape index (κ3) is 4.18. The van der Waals surface area contributed by atoms with E-state index in [4.69, 9.17) is 10.5 Å². The van der Waals surface area contributed by atoms with Crippen LogP contribution in [0.1, 0.15) is 17.4 Å². The summed E-state index contributed by atoms with van der Waals surface area (Å²) in [4.78, 5) is 18.2. The summed E-state index contributed by atoms with van der Waals surface area (Å²) in [6.07, 6.45) is 1.49. The standard InChI is InChI=1S/C13H20N4O2/c1-10(9-17-4-6-19-7-5-17)16-13(18)12-3-2-11(14)8-15-12/h2-3,8,10H,4-7,9,14H2,1H3,(H,16,18). The predicted molar refractivity (Wildman–Crippen MR) is 72.8 cm³/mol. The minimum Gasteiger partial charge on any atom is -0.397 e. The van der Waals surface area contributed by atoms with Gasteiger partial charge in [0.1, 0.15) is 5.69 Å². The van der Waals surface area contributed by atoms with E-state index in [1.165, 1.54) is 6.20 Å². The molecule has 1 saturated heterocycles. The van der Waals surface area contributed by atoms with E-state index in [0.29, 0.717) is 11.4 Å². The van der Waals surface area contributed by atoms with Crippen molar-refractivity contribution in [1.29, 1.82) is 0 Å². The molecule has 1 fully saturated rings. The quantitative estimate of drug-likeness (QED) is 0.807. The molecule has 1 aromatic heterocycles. The Balaban J connectivity index is 1.82. The van der Waals surface area contributed by atoms with Crippen LogP contribution in [0.3, 0.4) is 0 Å². The lowest BCUT2D eigenvalue weighted by Crippen LogP contribution is -2.46. The highest BCUT2D eigenvalue weighted by atomic mass is 16.5. The molecule has 1 aliphatic heterocycles. The first-order chi connectivity index (χ1) is 9.15. The van der Waals surface area contributed by atoms with Crippen LogP contribution in [0.15, 0.2) is 18.3 Å². The molecule has 1 amide bonds. The van der Waals surface area contributed by atoms with Gasteiger partial charge in [0.05, 0.1) is 25.1 Å². The summed E-state index contributed by atoms with van der Waals surface area (Å²) in [5, 5.41) is 2.94. The molecule has 0 bridgehead atoms. The van der Waals surface area contributed by atoms with Crippen LogP contribution < -0.4 is 11.1 Å². The number of carbonyl (C=O) groups is 1. The third-order valence-electron chi connectivity index (χ3n) is 3.03. The molecule has 0 aromatic carbocycles. The van der Waals surface area contributed by atoms with Gasteiger partial charge >= 0.3 is 0 Å². The highest BCUT2D eigenvalue weighted by Crippen LogP contribution is 2.02. The number of amides is 1. The average molecular weight is 264 g/mol. The number of rotatable bonds is 4. The van der Waals surface area contributed by atoms with Gasteiger partial charge in [0.25, 0.3) is 5.91 Å². The maximum absolute atomic E-state index is 12.0. The molecule has 0 radical (unpaired) electrons. The number of aromatic nitrogens is 1. The van der Waals surface area contributed by atoms with Crippen LogP contribution in [0.5, 0.6) is 0 Å². The van der Waals surface area contributed by atoms with Crippen molar-refractivity contribution in [3.8, 4) is 0 Å². The fraction of sp³-hybridized carbons (Fsp3) is 0.538. The Kier molecular flexibility index (Phi) is 4.70. The molecule has 3 N–H and O–H groups in total. The first kappa shape index (κ1) is 13.8. The summed E-state index contributed by atoms with van der Waals surface area (Å²) in [6.45, 7) is 6.18. The molecule has 6 heteroatoms. The smallest absolute Gasteiger partial charge is 0.270 e. The number of pyridine rings is 1. The van der Waals surface area contributed by atoms with Gasteiger partial charge in [0.15, 0.2) is 0 Å². The summed E-state index contributed by atoms with van der Waals surface area (Å²) in [5.41, 5.74) is 6.48. The molecule has 104 valence electrons. The van der Waals surface area contributed by atoms with Gasteiger partial charge in [-0.25, -0.2) is 4.98 Å². The summed E-state index contributed by atoms with van der Waals surface area (Å²) < 4.78 is 5.29. The van der Waals surface area contributed by atoms with Crippen molar-refractivity contribution < 1.29 is 9.53 Å². The van der Waals surface area contributed by atoms with Gasteiger partial charge in [-0.1, -0.05) is 0 Å². The Morgan fingerprint density at radius 3 is 2.89 bits per heavy atom. The Morgan fingerprint density at radius 1 is 1.53 bits per heavy atom. The fourth-order valence-electron chi connectivity index (χ4n) is 2.05. The Bertz CT molecular complexity index is 415. The van der Waals surface area contributed by atoms with E-state index < -0.39 is 0 Å². The monoisotopic (exact) mass is 264 g/mol. The number of nitrogens with zero attached hydrogens (tertiary/aromatic N) is 2. The molecule has 1 aromatic rings. The summed E-state index contributed by atoms with van der Waals surface area (Å²) in [6, 6.07) is 3.38. The Hall–Kier alpha value is -1.66. The zero-order valence-corrected chi connectivity index (χ0v) is 11.1. The second-order valence-corrected chi connectivity index (χ2v) is 4.76. The molecule has 6 nitrogen and oxygen atoms in total. The number of anilines is 1. The Morgan fingerprint density at radius 2 is 2.26 bits per heavy atom. The van der Waals surface area contributed by atoms with Crippen LogP contribution in [0, 0.1) is 0 Å². The maximum atomic E-state index is 12.0. The number of ether oxygens (including phenoxy) is 1. The SMILES string of the molecule is CC(CN1CCOCC1)NC(=O)c1ccc(N)cn1. The minimum absolute atomic E-state index is 0.0740. The lowest BCUT2D eigenvalue weighted by Gasteiger charge is -2.29. The molecular weight excluding hydrogens is 244 g/mol. The second kappa shape index (κ2) is 6.49. The van der Waals surface area contributed by atoms with Crippen molar-refractivity contribution in [3.05, 3.63) is 24.0 Å². The van der Waals surface area contributed by atoms with Gasteiger partial charge in [0, 0.05) is 25.7 Å². The van der Waals surface area contributed by atoms with Crippen molar-refractivity contribution in [3.63, 3.8) is 0 Å². The molecule has 2 heterocycles. The van der Waals surface area contributed by atoms with Crippen LogP contribution >= 0.6 is 0 Å². The number of carbonyl (C=O) groups excluding carboxylic acids is 1. The largest absolute Gasteiger partial charge is 0.397 e. The van der Waals surface area contributed by atoms with E-state index in [1.54, 1.807) is 12.1 Å². The van der Waals surface area contributed by atoms with Gasteiger partial charge in [-0.15, -0.1) is 0 Å². The molecule has 1 aliphatic rings. The van der Waals surface area contributed by atoms with E-state index in [2.05, 4.69) is 15.2 Å². The molecular formula is C13H20N4O2. The summed E-state index contributed by atoms with van der Waals surface area (Å²) in [5.74, 6) is -0.166. The molecule has 19 heavy (non-hydrogen) atoms. The number of morpholine rings is 1. The van der Waals surface area contributed by atoms with Crippen LogP contribution in [0.25, 0.3) is 0 Å². The molecule has 2 rings (SSSR count). The topological polar surface area (TPSA) is 80.5 Å². The number of hydrogen-bond donors (Lipinski definition) is 2. The van der Waals surface area contributed by atoms with Crippen LogP contribution in [-0.2, 0) is 4.74 Å². The van der Waals surface area contributed by atoms with Crippen LogP contribution in [-0.4, -0.2) is 54.7 Å². The third-order valence-corrected chi connectivity index (χ3v) is 3.03. The highest BCUT2D eigenvalue weighted by molar-refractivity contribution is 5.92. The Labute approximate surface area is 112 Å². The molecule has 0 aliphatic carbocycles. The van der Waals surface area contributed by atoms with Gasteiger partial charge in [-0.3, -0.25) is 9.69 Å². The number of nitrogens with two attached hydrogens (primary N) is 1. The van der Waals surface area contributed by atoms with Gasteiger partial charge < -0.3 is 15.8 Å². The van der Waals surface area contributed by atoms with Crippen LogP contribution in [0.4, 0.5) is 5.69 Å².